The van der Waals surface area contributed by atoms with Crippen LogP contribution in [0.15, 0.2) is 18.2 Å². The van der Waals surface area contributed by atoms with Crippen molar-refractivity contribution in [1.82, 2.24) is 10.3 Å². The summed E-state index contributed by atoms with van der Waals surface area (Å²) in [5.74, 6) is 0.423. The maximum atomic E-state index is 6.24. The standard InChI is InChI=1S/C18H25ClN2/c1-6-13(5)20-10-14-8-17(11(2)3)21-18-12(4)7-15(19)9-16(14)18/h7-9,11,13,20H,6,10H2,1-5H3. The van der Waals surface area contributed by atoms with Crippen LogP contribution in [0.5, 0.6) is 0 Å². The molecule has 0 fully saturated rings. The van der Waals surface area contributed by atoms with E-state index in [9.17, 15) is 0 Å². The lowest BCUT2D eigenvalue weighted by Crippen LogP contribution is -2.24. The van der Waals surface area contributed by atoms with Crippen LogP contribution in [0.1, 0.15) is 56.9 Å². The molecule has 2 rings (SSSR count). The molecule has 0 bridgehead atoms. The van der Waals surface area contributed by atoms with Gasteiger partial charge in [0.05, 0.1) is 5.52 Å². The van der Waals surface area contributed by atoms with E-state index in [1.54, 1.807) is 0 Å². The Balaban J connectivity index is 2.54. The number of hydrogen-bond donors (Lipinski definition) is 1. The zero-order valence-electron chi connectivity index (χ0n) is 13.6. The van der Waals surface area contributed by atoms with E-state index < -0.39 is 0 Å². The molecule has 1 heterocycles. The maximum Gasteiger partial charge on any atom is 0.0738 e. The van der Waals surface area contributed by atoms with Crippen molar-refractivity contribution in [1.29, 1.82) is 0 Å². The van der Waals surface area contributed by atoms with Crippen LogP contribution in [-0.4, -0.2) is 11.0 Å². The maximum absolute atomic E-state index is 6.24. The van der Waals surface area contributed by atoms with Crippen LogP contribution < -0.4 is 5.32 Å². The number of nitrogens with zero attached hydrogens (tertiary/aromatic N) is 1. The molecule has 0 radical (unpaired) electrons. The molecule has 0 spiro atoms. The van der Waals surface area contributed by atoms with Gasteiger partial charge in [-0.2, -0.15) is 0 Å². The number of aromatic nitrogens is 1. The molecule has 2 nitrogen and oxygen atoms in total. The van der Waals surface area contributed by atoms with Gasteiger partial charge < -0.3 is 5.32 Å². The molecular weight excluding hydrogens is 280 g/mol. The molecule has 114 valence electrons. The van der Waals surface area contributed by atoms with E-state index >= 15 is 0 Å². The zero-order chi connectivity index (χ0) is 15.6. The number of halogens is 1. The van der Waals surface area contributed by atoms with E-state index in [1.165, 1.54) is 10.9 Å². The summed E-state index contributed by atoms with van der Waals surface area (Å²) in [7, 11) is 0. The van der Waals surface area contributed by atoms with E-state index in [2.05, 4.69) is 46.0 Å². The third-order valence-corrected chi connectivity index (χ3v) is 4.24. The molecule has 1 unspecified atom stereocenters. The second-order valence-electron chi connectivity index (χ2n) is 6.17. The minimum atomic E-state index is 0.423. The molecule has 3 heteroatoms. The Kier molecular flexibility index (Phi) is 5.23. The largest absolute Gasteiger partial charge is 0.310 e. The molecule has 1 N–H and O–H groups in total. The van der Waals surface area contributed by atoms with Crippen molar-refractivity contribution >= 4 is 22.5 Å². The van der Waals surface area contributed by atoms with Crippen molar-refractivity contribution in [3.63, 3.8) is 0 Å². The van der Waals surface area contributed by atoms with Crippen LogP contribution in [0.2, 0.25) is 5.02 Å². The molecule has 0 saturated carbocycles. The summed E-state index contributed by atoms with van der Waals surface area (Å²) in [4.78, 5) is 4.84. The van der Waals surface area contributed by atoms with Crippen LogP contribution in [0.3, 0.4) is 0 Å². The molecular formula is C18H25ClN2. The lowest BCUT2D eigenvalue weighted by atomic mass is 10.0. The van der Waals surface area contributed by atoms with Gasteiger partial charge in [-0.25, -0.2) is 0 Å². The lowest BCUT2D eigenvalue weighted by Gasteiger charge is -2.16. The molecule has 0 amide bonds. The number of aryl methyl sites for hydroxylation is 1. The zero-order valence-corrected chi connectivity index (χ0v) is 14.4. The smallest absolute Gasteiger partial charge is 0.0738 e. The Morgan fingerprint density at radius 3 is 2.52 bits per heavy atom. The van der Waals surface area contributed by atoms with Crippen LogP contribution in [0.4, 0.5) is 0 Å². The average molecular weight is 305 g/mol. The molecule has 0 aliphatic rings. The van der Waals surface area contributed by atoms with Gasteiger partial charge in [-0.05, 0) is 55.5 Å². The van der Waals surface area contributed by atoms with Crippen molar-refractivity contribution in [3.8, 4) is 0 Å². The predicted molar refractivity (Wildman–Crippen MR) is 92.2 cm³/mol. The topological polar surface area (TPSA) is 24.9 Å². The van der Waals surface area contributed by atoms with Crippen LogP contribution in [0, 0.1) is 6.92 Å². The summed E-state index contributed by atoms with van der Waals surface area (Å²) in [6.07, 6.45) is 1.12. The minimum Gasteiger partial charge on any atom is -0.310 e. The highest BCUT2D eigenvalue weighted by Crippen LogP contribution is 2.28. The number of hydrogen-bond acceptors (Lipinski definition) is 2. The van der Waals surface area contributed by atoms with Gasteiger partial charge in [0.2, 0.25) is 0 Å². The first-order chi connectivity index (χ1) is 9.92. The second-order valence-corrected chi connectivity index (χ2v) is 6.61. The second kappa shape index (κ2) is 6.76. The fraction of sp³-hybridized carbons (Fsp3) is 0.500. The summed E-state index contributed by atoms with van der Waals surface area (Å²) in [6, 6.07) is 6.76. The van der Waals surface area contributed by atoms with Gasteiger partial charge in [-0.15, -0.1) is 0 Å². The van der Waals surface area contributed by atoms with Crippen LogP contribution >= 0.6 is 11.6 Å². The number of benzene rings is 1. The van der Waals surface area contributed by atoms with E-state index in [1.807, 2.05) is 12.1 Å². The van der Waals surface area contributed by atoms with Gasteiger partial charge in [0.15, 0.2) is 0 Å². The van der Waals surface area contributed by atoms with E-state index in [0.717, 1.165) is 34.8 Å². The van der Waals surface area contributed by atoms with Crippen molar-refractivity contribution in [2.24, 2.45) is 0 Å². The monoisotopic (exact) mass is 304 g/mol. The number of rotatable bonds is 5. The third-order valence-electron chi connectivity index (χ3n) is 4.02. The highest BCUT2D eigenvalue weighted by atomic mass is 35.5. The fourth-order valence-electron chi connectivity index (χ4n) is 2.42. The van der Waals surface area contributed by atoms with Crippen LogP contribution in [0.25, 0.3) is 10.9 Å². The van der Waals surface area contributed by atoms with Gasteiger partial charge in [0.1, 0.15) is 0 Å². The summed E-state index contributed by atoms with van der Waals surface area (Å²) in [5.41, 5.74) is 4.65. The van der Waals surface area contributed by atoms with Crippen LogP contribution in [-0.2, 0) is 6.54 Å². The molecule has 1 aromatic carbocycles. The first-order valence-corrected chi connectivity index (χ1v) is 8.13. The van der Waals surface area contributed by atoms with Gasteiger partial charge >= 0.3 is 0 Å². The number of nitrogens with one attached hydrogen (secondary N) is 1. The lowest BCUT2D eigenvalue weighted by molar-refractivity contribution is 0.535. The fourth-order valence-corrected chi connectivity index (χ4v) is 2.69. The van der Waals surface area contributed by atoms with E-state index in [0.29, 0.717) is 12.0 Å². The first kappa shape index (κ1) is 16.3. The molecule has 1 aromatic heterocycles. The Morgan fingerprint density at radius 2 is 1.90 bits per heavy atom. The Bertz CT molecular complexity index is 635. The predicted octanol–water partition coefficient (Wildman–Crippen LogP) is 5.21. The highest BCUT2D eigenvalue weighted by molar-refractivity contribution is 6.31. The third kappa shape index (κ3) is 3.75. The summed E-state index contributed by atoms with van der Waals surface area (Å²) < 4.78 is 0. The number of fused-ring (bicyclic) bond motifs is 1. The molecule has 0 saturated heterocycles. The molecule has 2 aromatic rings. The van der Waals surface area contributed by atoms with E-state index in [4.69, 9.17) is 16.6 Å². The van der Waals surface area contributed by atoms with Crippen molar-refractivity contribution in [2.45, 2.75) is 59.5 Å². The first-order valence-electron chi connectivity index (χ1n) is 7.75. The normalized spacial score (nSPS) is 13.1. The van der Waals surface area contributed by atoms with E-state index in [-0.39, 0.29) is 0 Å². The minimum absolute atomic E-state index is 0.423. The number of pyridine rings is 1. The molecule has 21 heavy (non-hydrogen) atoms. The van der Waals surface area contributed by atoms with Gasteiger partial charge in [-0.1, -0.05) is 32.4 Å². The molecule has 0 aliphatic carbocycles. The van der Waals surface area contributed by atoms with Crippen molar-refractivity contribution in [3.05, 3.63) is 40.0 Å². The van der Waals surface area contributed by atoms with Crippen molar-refractivity contribution < 1.29 is 0 Å². The Morgan fingerprint density at radius 1 is 1.19 bits per heavy atom. The Labute approximate surface area is 132 Å². The average Bonchev–Trinajstić information content (AvgIpc) is 2.44. The van der Waals surface area contributed by atoms with Gasteiger partial charge in [0.25, 0.3) is 0 Å². The highest BCUT2D eigenvalue weighted by Gasteiger charge is 2.12. The SMILES string of the molecule is CCC(C)NCc1cc(C(C)C)nc2c(C)cc(Cl)cc12. The van der Waals surface area contributed by atoms with Crippen molar-refractivity contribution in [2.75, 3.05) is 0 Å². The molecule has 1 atom stereocenters. The summed E-state index contributed by atoms with van der Waals surface area (Å²) in [6.45, 7) is 11.7. The summed E-state index contributed by atoms with van der Waals surface area (Å²) >= 11 is 6.24. The summed E-state index contributed by atoms with van der Waals surface area (Å²) in [5, 5.41) is 5.52. The van der Waals surface area contributed by atoms with Gasteiger partial charge in [-0.3, -0.25) is 4.98 Å². The van der Waals surface area contributed by atoms with Gasteiger partial charge in [0, 0.05) is 28.7 Å². The Hall–Kier alpha value is -1.12. The molecule has 0 aliphatic heterocycles. The quantitative estimate of drug-likeness (QED) is 0.820.